The van der Waals surface area contributed by atoms with Crippen LogP contribution in [0.3, 0.4) is 0 Å². The van der Waals surface area contributed by atoms with Crippen LogP contribution in [-0.4, -0.2) is 27.2 Å². The van der Waals surface area contributed by atoms with Crippen LogP contribution in [0.25, 0.3) is 32.6 Å². The van der Waals surface area contributed by atoms with Gasteiger partial charge < -0.3 is 19.8 Å². The van der Waals surface area contributed by atoms with Gasteiger partial charge >= 0.3 is 0 Å². The van der Waals surface area contributed by atoms with Gasteiger partial charge in [0.2, 0.25) is 0 Å². The van der Waals surface area contributed by atoms with Gasteiger partial charge in [-0.05, 0) is 49.9 Å². The predicted octanol–water partition coefficient (Wildman–Crippen LogP) is 3.68. The second-order valence-corrected chi connectivity index (χ2v) is 7.13. The van der Waals surface area contributed by atoms with E-state index in [2.05, 4.69) is 15.3 Å². The number of H-pyrrole nitrogens is 1. The van der Waals surface area contributed by atoms with Crippen molar-refractivity contribution in [2.24, 2.45) is 0 Å². The lowest BCUT2D eigenvalue weighted by Gasteiger charge is -2.25. The summed E-state index contributed by atoms with van der Waals surface area (Å²) in [7, 11) is 0. The Balaban J connectivity index is 1.72. The molecule has 7 heteroatoms. The number of nitrogens with one attached hydrogen (secondary N) is 2. The van der Waals surface area contributed by atoms with Gasteiger partial charge in [0.25, 0.3) is 11.6 Å². The Morgan fingerprint density at radius 2 is 1.96 bits per heavy atom. The van der Waals surface area contributed by atoms with Gasteiger partial charge in [-0.2, -0.15) is 4.98 Å². The maximum absolute atomic E-state index is 13.9. The second-order valence-electron chi connectivity index (χ2n) is 7.13. The number of aliphatic hydroxyl groups excluding tert-OH is 1. The number of anilines is 1. The Morgan fingerprint density at radius 3 is 2.78 bits per heavy atom. The molecule has 1 aliphatic rings. The molecule has 3 N–H and O–H groups in total. The van der Waals surface area contributed by atoms with Crippen molar-refractivity contribution in [1.82, 2.24) is 9.97 Å². The fraction of sp³-hybridized carbons (Fsp3) is 0.300. The van der Waals surface area contributed by atoms with Gasteiger partial charge in [-0.1, -0.05) is 0 Å². The highest BCUT2D eigenvalue weighted by Gasteiger charge is 2.22. The van der Waals surface area contributed by atoms with Crippen molar-refractivity contribution in [2.45, 2.75) is 37.8 Å². The lowest BCUT2D eigenvalue weighted by Crippen LogP contribution is -2.28. The number of nitrogens with zero attached hydrogens (tertiary/aromatic N) is 1. The zero-order valence-electron chi connectivity index (χ0n) is 14.5. The van der Waals surface area contributed by atoms with E-state index in [0.717, 1.165) is 25.7 Å². The minimum absolute atomic E-state index is 0.180. The number of pyridine rings is 1. The number of benzene rings is 2. The SMILES string of the molecule is O=c1[nH]ccc2c3oc(N[C@H]4CC[C@H](O)CC4)nc3c3ccc(F)cc3c12. The summed E-state index contributed by atoms with van der Waals surface area (Å²) in [6.07, 6.45) is 4.49. The molecular weight excluding hydrogens is 349 g/mol. The molecule has 2 aromatic heterocycles. The first-order valence-corrected chi connectivity index (χ1v) is 9.08. The summed E-state index contributed by atoms with van der Waals surface area (Å²) in [4.78, 5) is 19.7. The molecule has 0 aliphatic heterocycles. The first-order valence-electron chi connectivity index (χ1n) is 9.08. The number of aromatic nitrogens is 2. The van der Waals surface area contributed by atoms with Gasteiger partial charge in [-0.3, -0.25) is 4.79 Å². The van der Waals surface area contributed by atoms with Crippen LogP contribution in [0.4, 0.5) is 10.4 Å². The van der Waals surface area contributed by atoms with Crippen molar-refractivity contribution in [3.05, 3.63) is 46.6 Å². The monoisotopic (exact) mass is 367 g/mol. The van der Waals surface area contributed by atoms with Gasteiger partial charge in [-0.25, -0.2) is 4.39 Å². The highest BCUT2D eigenvalue weighted by atomic mass is 19.1. The largest absolute Gasteiger partial charge is 0.423 e. The quantitative estimate of drug-likeness (QED) is 0.470. The van der Waals surface area contributed by atoms with Crippen LogP contribution in [0.2, 0.25) is 0 Å². The van der Waals surface area contributed by atoms with Crippen LogP contribution in [0, 0.1) is 5.82 Å². The molecule has 1 saturated carbocycles. The van der Waals surface area contributed by atoms with E-state index in [4.69, 9.17) is 4.42 Å². The lowest BCUT2D eigenvalue weighted by atomic mass is 9.93. The molecule has 0 radical (unpaired) electrons. The lowest BCUT2D eigenvalue weighted by molar-refractivity contribution is 0.125. The Morgan fingerprint density at radius 1 is 1.15 bits per heavy atom. The summed E-state index contributed by atoms with van der Waals surface area (Å²) in [5.41, 5.74) is 0.812. The zero-order valence-corrected chi connectivity index (χ0v) is 14.5. The Hall–Kier alpha value is -2.93. The van der Waals surface area contributed by atoms with E-state index in [9.17, 15) is 14.3 Å². The number of hydrogen-bond donors (Lipinski definition) is 3. The molecule has 2 heterocycles. The molecule has 6 nitrogen and oxygen atoms in total. The standard InChI is InChI=1S/C20H18FN3O3/c21-10-1-6-13-15(9-10)16-14(7-8-22-19(16)26)18-17(13)24-20(27-18)23-11-2-4-12(25)5-3-11/h1,6-9,11-12,25H,2-5H2,(H,22,26)(H,23,24)/t11-,12-. The molecule has 0 atom stereocenters. The molecule has 5 rings (SSSR count). The Bertz CT molecular complexity index is 1220. The van der Waals surface area contributed by atoms with Crippen LogP contribution in [0.15, 0.2) is 39.7 Å². The van der Waals surface area contributed by atoms with E-state index >= 15 is 0 Å². The summed E-state index contributed by atoms with van der Waals surface area (Å²) < 4.78 is 19.8. The van der Waals surface area contributed by atoms with Crippen LogP contribution in [0.1, 0.15) is 25.7 Å². The molecule has 1 aliphatic carbocycles. The van der Waals surface area contributed by atoms with Gasteiger partial charge in [0.1, 0.15) is 11.3 Å². The molecule has 27 heavy (non-hydrogen) atoms. The first-order chi connectivity index (χ1) is 13.1. The molecule has 0 spiro atoms. The van der Waals surface area contributed by atoms with Crippen molar-refractivity contribution < 1.29 is 13.9 Å². The van der Waals surface area contributed by atoms with E-state index in [0.29, 0.717) is 38.7 Å². The third kappa shape index (κ3) is 2.66. The number of aromatic amines is 1. The average molecular weight is 367 g/mol. The maximum Gasteiger partial charge on any atom is 0.295 e. The van der Waals surface area contributed by atoms with Gasteiger partial charge in [0, 0.05) is 28.4 Å². The molecule has 4 aromatic rings. The number of aliphatic hydroxyl groups is 1. The van der Waals surface area contributed by atoms with E-state index in [-0.39, 0.29) is 17.7 Å². The summed E-state index contributed by atoms with van der Waals surface area (Å²) in [5, 5.41) is 15.1. The van der Waals surface area contributed by atoms with Crippen LogP contribution < -0.4 is 10.9 Å². The summed E-state index contributed by atoms with van der Waals surface area (Å²) in [5.74, 6) is -0.408. The normalized spacial score (nSPS) is 20.5. The van der Waals surface area contributed by atoms with Crippen LogP contribution >= 0.6 is 0 Å². The van der Waals surface area contributed by atoms with E-state index < -0.39 is 5.82 Å². The third-order valence-corrected chi connectivity index (χ3v) is 5.36. The van der Waals surface area contributed by atoms with E-state index in [1.165, 1.54) is 12.1 Å². The molecule has 2 aromatic carbocycles. The fourth-order valence-corrected chi connectivity index (χ4v) is 4.01. The van der Waals surface area contributed by atoms with Crippen molar-refractivity contribution in [2.75, 3.05) is 5.32 Å². The van der Waals surface area contributed by atoms with Crippen molar-refractivity contribution in [3.63, 3.8) is 0 Å². The smallest absolute Gasteiger partial charge is 0.295 e. The van der Waals surface area contributed by atoms with Crippen molar-refractivity contribution >= 4 is 38.7 Å². The second kappa shape index (κ2) is 6.06. The number of fused-ring (bicyclic) bond motifs is 6. The van der Waals surface area contributed by atoms with Crippen molar-refractivity contribution in [3.8, 4) is 0 Å². The molecule has 0 amide bonds. The first kappa shape index (κ1) is 16.3. The van der Waals surface area contributed by atoms with E-state index in [1.54, 1.807) is 18.3 Å². The number of hydrogen-bond acceptors (Lipinski definition) is 5. The minimum Gasteiger partial charge on any atom is -0.423 e. The number of rotatable bonds is 2. The number of halogens is 1. The summed E-state index contributed by atoms with van der Waals surface area (Å²) in [6.45, 7) is 0. The average Bonchev–Trinajstić information content (AvgIpc) is 3.07. The predicted molar refractivity (Wildman–Crippen MR) is 101 cm³/mol. The fourth-order valence-electron chi connectivity index (χ4n) is 4.01. The molecule has 0 bridgehead atoms. The third-order valence-electron chi connectivity index (χ3n) is 5.36. The maximum atomic E-state index is 13.9. The highest BCUT2D eigenvalue weighted by Crippen LogP contribution is 2.35. The highest BCUT2D eigenvalue weighted by molar-refractivity contribution is 6.22. The molecule has 0 unspecified atom stereocenters. The van der Waals surface area contributed by atoms with Gasteiger partial charge in [0.15, 0.2) is 5.58 Å². The Kier molecular flexibility index (Phi) is 3.65. The number of oxazole rings is 1. The van der Waals surface area contributed by atoms with Gasteiger partial charge in [0.05, 0.1) is 11.5 Å². The Labute approximate surface area is 153 Å². The van der Waals surface area contributed by atoms with Crippen molar-refractivity contribution in [1.29, 1.82) is 0 Å². The van der Waals surface area contributed by atoms with Gasteiger partial charge in [-0.15, -0.1) is 0 Å². The topological polar surface area (TPSA) is 91.2 Å². The molecular formula is C20H18FN3O3. The summed E-state index contributed by atoms with van der Waals surface area (Å²) in [6, 6.07) is 6.65. The van der Waals surface area contributed by atoms with E-state index in [1.807, 2.05) is 0 Å². The summed E-state index contributed by atoms with van der Waals surface area (Å²) >= 11 is 0. The zero-order chi connectivity index (χ0) is 18.5. The van der Waals surface area contributed by atoms with Crippen LogP contribution in [0.5, 0.6) is 0 Å². The molecule has 1 fully saturated rings. The molecule has 138 valence electrons. The molecule has 0 saturated heterocycles. The minimum atomic E-state index is -0.408. The van der Waals surface area contributed by atoms with Crippen LogP contribution in [-0.2, 0) is 0 Å².